The van der Waals surface area contributed by atoms with E-state index in [1.807, 2.05) is 49.9 Å². The molecule has 23 heavy (non-hydrogen) atoms. The van der Waals surface area contributed by atoms with Gasteiger partial charge in [-0.3, -0.25) is 4.79 Å². The van der Waals surface area contributed by atoms with Crippen LogP contribution in [0.15, 0.2) is 24.3 Å². The van der Waals surface area contributed by atoms with Crippen LogP contribution in [0.25, 0.3) is 0 Å². The Morgan fingerprint density at radius 1 is 1.35 bits per heavy atom. The highest BCUT2D eigenvalue weighted by atomic mass is 16.2. The molecule has 1 aromatic rings. The summed E-state index contributed by atoms with van der Waals surface area (Å²) in [6.07, 6.45) is 2.02. The zero-order valence-electron chi connectivity index (χ0n) is 14.3. The van der Waals surface area contributed by atoms with Crippen LogP contribution in [0.4, 0.5) is 10.5 Å². The van der Waals surface area contributed by atoms with Gasteiger partial charge in [-0.15, -0.1) is 0 Å². The molecule has 0 spiro atoms. The van der Waals surface area contributed by atoms with Crippen molar-refractivity contribution in [1.82, 2.24) is 10.2 Å². The van der Waals surface area contributed by atoms with Gasteiger partial charge in [-0.25, -0.2) is 4.79 Å². The van der Waals surface area contributed by atoms with E-state index in [2.05, 4.69) is 10.6 Å². The largest absolute Gasteiger partial charge is 0.356 e. The predicted octanol–water partition coefficient (Wildman–Crippen LogP) is 3.01. The number of nitrogens with zero attached hydrogens (tertiary/aromatic N) is 1. The van der Waals surface area contributed by atoms with E-state index >= 15 is 0 Å². The average molecular weight is 317 g/mol. The lowest BCUT2D eigenvalue weighted by atomic mass is 9.98. The number of hydrogen-bond donors (Lipinski definition) is 2. The number of urea groups is 1. The Kier molecular flexibility index (Phi) is 6.02. The molecule has 1 aliphatic heterocycles. The molecule has 1 fully saturated rings. The Morgan fingerprint density at radius 3 is 2.83 bits per heavy atom. The second-order valence-electron chi connectivity index (χ2n) is 6.65. The van der Waals surface area contributed by atoms with Crippen molar-refractivity contribution in [2.24, 2.45) is 11.8 Å². The second-order valence-corrected chi connectivity index (χ2v) is 6.65. The van der Waals surface area contributed by atoms with Gasteiger partial charge in [0, 0.05) is 31.2 Å². The van der Waals surface area contributed by atoms with E-state index in [0.717, 1.165) is 30.6 Å². The first kappa shape index (κ1) is 17.3. The summed E-state index contributed by atoms with van der Waals surface area (Å²) in [6.45, 7) is 7.88. The fourth-order valence-electron chi connectivity index (χ4n) is 2.79. The highest BCUT2D eigenvalue weighted by Gasteiger charge is 2.24. The number of carbonyl (C=O) groups excluding carboxylic acids is 2. The maximum Gasteiger partial charge on any atom is 0.321 e. The summed E-state index contributed by atoms with van der Waals surface area (Å²) < 4.78 is 0. The molecule has 1 saturated heterocycles. The van der Waals surface area contributed by atoms with E-state index in [1.54, 1.807) is 0 Å². The Morgan fingerprint density at radius 2 is 2.13 bits per heavy atom. The van der Waals surface area contributed by atoms with Crippen LogP contribution >= 0.6 is 0 Å². The van der Waals surface area contributed by atoms with Gasteiger partial charge in [0.25, 0.3) is 0 Å². The maximum absolute atomic E-state index is 12.4. The normalized spacial score (nSPS) is 17.9. The summed E-state index contributed by atoms with van der Waals surface area (Å²) in [5.41, 5.74) is 1.95. The number of hydrogen-bond acceptors (Lipinski definition) is 2. The van der Waals surface area contributed by atoms with Gasteiger partial charge in [-0.05, 0) is 43.4 Å². The molecule has 0 saturated carbocycles. The van der Waals surface area contributed by atoms with E-state index in [4.69, 9.17) is 0 Å². The maximum atomic E-state index is 12.4. The number of nitrogens with one attached hydrogen (secondary N) is 2. The highest BCUT2D eigenvalue weighted by molar-refractivity contribution is 5.89. The summed E-state index contributed by atoms with van der Waals surface area (Å²) >= 11 is 0. The van der Waals surface area contributed by atoms with Crippen molar-refractivity contribution in [2.45, 2.75) is 33.6 Å². The van der Waals surface area contributed by atoms with Crippen LogP contribution in [-0.2, 0) is 4.79 Å². The molecule has 0 aliphatic carbocycles. The van der Waals surface area contributed by atoms with E-state index in [1.165, 1.54) is 0 Å². The Labute approximate surface area is 138 Å². The van der Waals surface area contributed by atoms with Crippen molar-refractivity contribution in [3.8, 4) is 0 Å². The summed E-state index contributed by atoms with van der Waals surface area (Å²) in [5, 5.41) is 5.93. The van der Waals surface area contributed by atoms with Crippen molar-refractivity contribution < 1.29 is 9.59 Å². The highest BCUT2D eigenvalue weighted by Crippen LogP contribution is 2.18. The number of carbonyl (C=O) groups is 2. The zero-order chi connectivity index (χ0) is 16.8. The van der Waals surface area contributed by atoms with Crippen LogP contribution in [0, 0.1) is 18.8 Å². The first-order valence-corrected chi connectivity index (χ1v) is 8.36. The van der Waals surface area contributed by atoms with Crippen molar-refractivity contribution in [1.29, 1.82) is 0 Å². The van der Waals surface area contributed by atoms with Crippen molar-refractivity contribution >= 4 is 17.6 Å². The van der Waals surface area contributed by atoms with Gasteiger partial charge in [-0.1, -0.05) is 26.0 Å². The third-order valence-electron chi connectivity index (χ3n) is 4.16. The minimum absolute atomic E-state index is 0.000637. The number of likely N-dealkylation sites (tertiary alicyclic amines) is 1. The Bertz CT molecular complexity index is 557. The number of piperidine rings is 1. The van der Waals surface area contributed by atoms with Crippen LogP contribution < -0.4 is 10.6 Å². The average Bonchev–Trinajstić information content (AvgIpc) is 2.52. The van der Waals surface area contributed by atoms with Gasteiger partial charge < -0.3 is 15.5 Å². The number of benzene rings is 1. The Hall–Kier alpha value is -2.04. The van der Waals surface area contributed by atoms with Crippen LogP contribution in [0.5, 0.6) is 0 Å². The number of anilines is 1. The first-order valence-electron chi connectivity index (χ1n) is 8.36. The smallest absolute Gasteiger partial charge is 0.321 e. The molecule has 0 aromatic heterocycles. The second kappa shape index (κ2) is 7.99. The number of amides is 3. The molecule has 0 radical (unpaired) electrons. The number of rotatable bonds is 4. The van der Waals surface area contributed by atoms with Gasteiger partial charge in [0.05, 0.1) is 0 Å². The van der Waals surface area contributed by atoms with E-state index in [0.29, 0.717) is 19.0 Å². The van der Waals surface area contributed by atoms with Crippen LogP contribution in [0.1, 0.15) is 32.3 Å². The molecular formula is C18H27N3O2. The topological polar surface area (TPSA) is 61.4 Å². The van der Waals surface area contributed by atoms with E-state index < -0.39 is 0 Å². The third kappa shape index (κ3) is 5.27. The van der Waals surface area contributed by atoms with Gasteiger partial charge in [-0.2, -0.15) is 0 Å². The van der Waals surface area contributed by atoms with Gasteiger partial charge in [0.2, 0.25) is 5.91 Å². The standard InChI is InChI=1S/C18H27N3O2/c1-13(2)17(22)19-11-15-7-5-9-21(12-15)18(23)20-16-8-4-6-14(3)10-16/h4,6,8,10,13,15H,5,7,9,11-12H2,1-3H3,(H,19,22)(H,20,23)/t15-/m1/s1. The number of aryl methyl sites for hydroxylation is 1. The third-order valence-corrected chi connectivity index (χ3v) is 4.16. The zero-order valence-corrected chi connectivity index (χ0v) is 14.3. The molecule has 126 valence electrons. The lowest BCUT2D eigenvalue weighted by Crippen LogP contribution is -2.45. The molecule has 2 rings (SSSR count). The molecule has 5 heteroatoms. The summed E-state index contributed by atoms with van der Waals surface area (Å²) in [5.74, 6) is 0.403. The minimum atomic E-state index is -0.0597. The van der Waals surface area contributed by atoms with Gasteiger partial charge in [0.1, 0.15) is 0 Å². The lowest BCUT2D eigenvalue weighted by molar-refractivity contribution is -0.124. The Balaban J connectivity index is 1.85. The van der Waals surface area contributed by atoms with Crippen molar-refractivity contribution in [3.63, 3.8) is 0 Å². The molecule has 0 unspecified atom stereocenters. The molecule has 2 N–H and O–H groups in total. The molecule has 1 aliphatic rings. The fraction of sp³-hybridized carbons (Fsp3) is 0.556. The molecule has 1 aromatic carbocycles. The lowest BCUT2D eigenvalue weighted by Gasteiger charge is -2.33. The quantitative estimate of drug-likeness (QED) is 0.897. The SMILES string of the molecule is Cc1cccc(NC(=O)N2CCC[C@H](CNC(=O)C(C)C)C2)c1. The molecule has 3 amide bonds. The summed E-state index contributed by atoms with van der Waals surface area (Å²) in [6, 6.07) is 7.74. The molecule has 0 bridgehead atoms. The van der Waals surface area contributed by atoms with E-state index in [-0.39, 0.29) is 17.9 Å². The van der Waals surface area contributed by atoms with E-state index in [9.17, 15) is 9.59 Å². The van der Waals surface area contributed by atoms with Crippen LogP contribution in [0.2, 0.25) is 0 Å². The summed E-state index contributed by atoms with van der Waals surface area (Å²) in [4.78, 5) is 25.9. The monoisotopic (exact) mass is 317 g/mol. The van der Waals surface area contributed by atoms with Gasteiger partial charge >= 0.3 is 6.03 Å². The minimum Gasteiger partial charge on any atom is -0.356 e. The van der Waals surface area contributed by atoms with Crippen LogP contribution in [0.3, 0.4) is 0 Å². The van der Waals surface area contributed by atoms with Crippen molar-refractivity contribution in [2.75, 3.05) is 25.0 Å². The molecule has 1 atom stereocenters. The molecule has 5 nitrogen and oxygen atoms in total. The first-order chi connectivity index (χ1) is 11.0. The fourth-order valence-corrected chi connectivity index (χ4v) is 2.79. The van der Waals surface area contributed by atoms with Crippen LogP contribution in [-0.4, -0.2) is 36.5 Å². The summed E-state index contributed by atoms with van der Waals surface area (Å²) in [7, 11) is 0. The molecule has 1 heterocycles. The van der Waals surface area contributed by atoms with Gasteiger partial charge in [0.15, 0.2) is 0 Å². The van der Waals surface area contributed by atoms with Crippen molar-refractivity contribution in [3.05, 3.63) is 29.8 Å². The predicted molar refractivity (Wildman–Crippen MR) is 92.3 cm³/mol. The molecular weight excluding hydrogens is 290 g/mol.